The van der Waals surface area contributed by atoms with Crippen molar-refractivity contribution < 1.29 is 0 Å². The molecule has 0 amide bonds. The van der Waals surface area contributed by atoms with Crippen LogP contribution >= 0.6 is 11.6 Å². The van der Waals surface area contributed by atoms with E-state index in [0.29, 0.717) is 10.8 Å². The van der Waals surface area contributed by atoms with Gasteiger partial charge in [0.05, 0.1) is 16.7 Å². The van der Waals surface area contributed by atoms with Crippen LogP contribution in [0.2, 0.25) is 5.02 Å². The minimum Gasteiger partial charge on any atom is -0.368 e. The van der Waals surface area contributed by atoms with Crippen LogP contribution in [0.5, 0.6) is 0 Å². The summed E-state index contributed by atoms with van der Waals surface area (Å²) < 4.78 is 0. The fraction of sp³-hybridized carbons (Fsp3) is 0. The van der Waals surface area contributed by atoms with E-state index in [1.807, 2.05) is 6.07 Å². The third-order valence-corrected chi connectivity index (χ3v) is 2.75. The van der Waals surface area contributed by atoms with Gasteiger partial charge in [-0.25, -0.2) is 4.98 Å². The predicted molar refractivity (Wildman–Crippen MR) is 70.8 cm³/mol. The van der Waals surface area contributed by atoms with Gasteiger partial charge in [-0.2, -0.15) is 10.1 Å². The number of hydrogen-bond donors (Lipinski definition) is 3. The number of nitrogen functional groups attached to an aromatic ring is 1. The molecule has 0 fully saturated rings. The number of nitrogens with zero attached hydrogens (tertiary/aromatic N) is 3. The maximum absolute atomic E-state index is 6.13. The number of hydrogen-bond acceptors (Lipinski definition) is 5. The Morgan fingerprint density at radius 3 is 3.06 bits per heavy atom. The van der Waals surface area contributed by atoms with Gasteiger partial charge in [0.2, 0.25) is 5.95 Å². The van der Waals surface area contributed by atoms with E-state index in [0.717, 1.165) is 16.6 Å². The summed E-state index contributed by atoms with van der Waals surface area (Å²) in [6.07, 6.45) is 3.30. The third-order valence-electron chi connectivity index (χ3n) is 2.45. The molecule has 6 nitrogen and oxygen atoms in total. The van der Waals surface area contributed by atoms with Gasteiger partial charge in [-0.1, -0.05) is 11.6 Å². The zero-order valence-corrected chi connectivity index (χ0v) is 9.94. The highest BCUT2D eigenvalue weighted by molar-refractivity contribution is 6.35. The Hall–Kier alpha value is -2.34. The quantitative estimate of drug-likeness (QED) is 0.658. The van der Waals surface area contributed by atoms with Crippen LogP contribution in [-0.2, 0) is 0 Å². The second-order valence-corrected chi connectivity index (χ2v) is 4.12. The first-order valence-corrected chi connectivity index (χ1v) is 5.58. The second kappa shape index (κ2) is 4.15. The molecule has 0 saturated carbocycles. The number of nitrogens with two attached hydrogens (primary N) is 1. The van der Waals surface area contributed by atoms with Crippen LogP contribution in [0.15, 0.2) is 30.6 Å². The lowest BCUT2D eigenvalue weighted by Crippen LogP contribution is -1.98. The van der Waals surface area contributed by atoms with Crippen molar-refractivity contribution in [3.8, 4) is 0 Å². The van der Waals surface area contributed by atoms with Crippen LogP contribution < -0.4 is 11.1 Å². The summed E-state index contributed by atoms with van der Waals surface area (Å²) in [6.45, 7) is 0. The summed E-state index contributed by atoms with van der Waals surface area (Å²) in [5, 5.41) is 11.4. The monoisotopic (exact) mass is 260 g/mol. The van der Waals surface area contributed by atoms with Crippen molar-refractivity contribution in [2.75, 3.05) is 11.1 Å². The Morgan fingerprint density at radius 2 is 2.22 bits per heavy atom. The van der Waals surface area contributed by atoms with Crippen molar-refractivity contribution >= 4 is 40.0 Å². The molecule has 0 unspecified atom stereocenters. The summed E-state index contributed by atoms with van der Waals surface area (Å²) in [5.74, 6) is 0.830. The van der Waals surface area contributed by atoms with Gasteiger partial charge in [-0.15, -0.1) is 0 Å². The Kier molecular flexibility index (Phi) is 2.49. The molecule has 2 heterocycles. The molecular weight excluding hydrogens is 252 g/mol. The van der Waals surface area contributed by atoms with Gasteiger partial charge in [0.1, 0.15) is 5.82 Å². The molecule has 0 aliphatic rings. The first-order chi connectivity index (χ1) is 8.72. The Labute approximate surface area is 107 Å². The zero-order valence-electron chi connectivity index (χ0n) is 9.18. The topological polar surface area (TPSA) is 92.5 Å². The highest BCUT2D eigenvalue weighted by atomic mass is 35.5. The van der Waals surface area contributed by atoms with Crippen LogP contribution in [0.3, 0.4) is 0 Å². The van der Waals surface area contributed by atoms with E-state index in [9.17, 15) is 0 Å². The highest BCUT2D eigenvalue weighted by Crippen LogP contribution is 2.27. The van der Waals surface area contributed by atoms with E-state index >= 15 is 0 Å². The highest BCUT2D eigenvalue weighted by Gasteiger charge is 2.05. The molecule has 3 aromatic rings. The lowest BCUT2D eigenvalue weighted by atomic mass is 10.2. The minimum absolute atomic E-state index is 0.218. The van der Waals surface area contributed by atoms with Crippen LogP contribution in [-0.4, -0.2) is 20.2 Å². The van der Waals surface area contributed by atoms with Gasteiger partial charge in [-0.3, -0.25) is 5.10 Å². The molecule has 0 bridgehead atoms. The van der Waals surface area contributed by atoms with Crippen molar-refractivity contribution in [3.05, 3.63) is 35.6 Å². The number of H-pyrrole nitrogens is 1. The molecule has 7 heteroatoms. The molecule has 0 aliphatic carbocycles. The average molecular weight is 261 g/mol. The molecule has 4 N–H and O–H groups in total. The predicted octanol–water partition coefficient (Wildman–Crippen LogP) is 2.33. The van der Waals surface area contributed by atoms with E-state index in [1.165, 1.54) is 0 Å². The number of nitrogens with one attached hydrogen (secondary N) is 2. The number of aromatic amines is 1. The van der Waals surface area contributed by atoms with Crippen molar-refractivity contribution in [2.24, 2.45) is 0 Å². The lowest BCUT2D eigenvalue weighted by molar-refractivity contribution is 1.12. The Morgan fingerprint density at radius 1 is 1.33 bits per heavy atom. The molecule has 0 saturated heterocycles. The third kappa shape index (κ3) is 1.93. The summed E-state index contributed by atoms with van der Waals surface area (Å²) in [7, 11) is 0. The second-order valence-electron chi connectivity index (χ2n) is 3.72. The summed E-state index contributed by atoms with van der Waals surface area (Å²) in [5.41, 5.74) is 7.13. The first kappa shape index (κ1) is 10.8. The zero-order chi connectivity index (χ0) is 12.5. The van der Waals surface area contributed by atoms with Crippen molar-refractivity contribution in [2.45, 2.75) is 0 Å². The Balaban J connectivity index is 1.99. The summed E-state index contributed by atoms with van der Waals surface area (Å²) >= 11 is 6.13. The van der Waals surface area contributed by atoms with Gasteiger partial charge in [0.25, 0.3) is 0 Å². The number of aromatic nitrogens is 4. The number of rotatable bonds is 2. The Bertz CT molecular complexity index is 708. The number of halogens is 1. The van der Waals surface area contributed by atoms with Crippen molar-refractivity contribution in [1.82, 2.24) is 20.2 Å². The van der Waals surface area contributed by atoms with Gasteiger partial charge >= 0.3 is 0 Å². The van der Waals surface area contributed by atoms with Crippen LogP contribution in [0.1, 0.15) is 0 Å². The van der Waals surface area contributed by atoms with Gasteiger partial charge in [-0.05, 0) is 18.2 Å². The molecule has 0 spiro atoms. The molecular formula is C11H9ClN6. The summed E-state index contributed by atoms with van der Waals surface area (Å²) in [6, 6.07) is 5.44. The molecule has 0 atom stereocenters. The standard InChI is InChI=1S/C11H9ClN6/c12-8-4-7(3-6-5-15-18-10(6)8)16-9-1-2-14-11(13)17-9/h1-5H,(H,15,18)(H3,13,14,16,17). The van der Waals surface area contributed by atoms with Gasteiger partial charge in [0.15, 0.2) is 0 Å². The van der Waals surface area contributed by atoms with E-state index in [2.05, 4.69) is 25.5 Å². The van der Waals surface area contributed by atoms with Crippen molar-refractivity contribution in [1.29, 1.82) is 0 Å². The normalized spacial score (nSPS) is 10.7. The van der Waals surface area contributed by atoms with E-state index in [-0.39, 0.29) is 5.95 Å². The maximum atomic E-state index is 6.13. The lowest BCUT2D eigenvalue weighted by Gasteiger charge is -2.06. The van der Waals surface area contributed by atoms with Crippen LogP contribution in [0.4, 0.5) is 17.5 Å². The molecule has 18 heavy (non-hydrogen) atoms. The number of benzene rings is 1. The molecule has 3 rings (SSSR count). The van der Waals surface area contributed by atoms with Crippen LogP contribution in [0, 0.1) is 0 Å². The molecule has 0 aliphatic heterocycles. The van der Waals surface area contributed by atoms with E-state index < -0.39 is 0 Å². The maximum Gasteiger partial charge on any atom is 0.221 e. The van der Waals surface area contributed by atoms with E-state index in [4.69, 9.17) is 17.3 Å². The molecule has 90 valence electrons. The molecule has 2 aromatic heterocycles. The molecule has 0 radical (unpaired) electrons. The summed E-state index contributed by atoms with van der Waals surface area (Å²) in [4.78, 5) is 7.88. The van der Waals surface area contributed by atoms with Gasteiger partial charge < -0.3 is 11.1 Å². The number of fused-ring (bicyclic) bond motifs is 1. The molecule has 1 aromatic carbocycles. The SMILES string of the molecule is Nc1nccc(Nc2cc(Cl)c3[nH]ncc3c2)n1. The number of anilines is 3. The average Bonchev–Trinajstić information content (AvgIpc) is 2.77. The first-order valence-electron chi connectivity index (χ1n) is 5.20. The van der Waals surface area contributed by atoms with Gasteiger partial charge in [0, 0.05) is 17.3 Å². The van der Waals surface area contributed by atoms with Crippen LogP contribution in [0.25, 0.3) is 10.9 Å². The largest absolute Gasteiger partial charge is 0.368 e. The fourth-order valence-corrected chi connectivity index (χ4v) is 1.95. The minimum atomic E-state index is 0.218. The van der Waals surface area contributed by atoms with Crippen molar-refractivity contribution in [3.63, 3.8) is 0 Å². The smallest absolute Gasteiger partial charge is 0.221 e. The van der Waals surface area contributed by atoms with E-state index in [1.54, 1.807) is 24.5 Å². The fourth-order valence-electron chi connectivity index (χ4n) is 1.68.